The molecule has 1 saturated heterocycles. The Bertz CT molecular complexity index is 358. The van der Waals surface area contributed by atoms with Crippen molar-refractivity contribution in [2.45, 2.75) is 32.4 Å². The molecular formula is C10H17N2NaO5. The Kier molecular flexibility index (Phi) is 6.28. The predicted molar refractivity (Wildman–Crippen MR) is 58.5 cm³/mol. The largest absolute Gasteiger partial charge is 1.00 e. The number of nitrogens with one attached hydrogen (secondary N) is 1. The standard InChI is InChI=1S/C10H16N2O5.Na.H/c1-10(2,3)17-9(16)12-5-4-11-6(7(12)13)8(14)15;;/h6,11H,4-5H2,1-3H3,(H,14,15);;/q;+1;-1. The number of carboxylic acid groups (broad SMARTS) is 1. The summed E-state index contributed by atoms with van der Waals surface area (Å²) in [7, 11) is 0. The number of rotatable bonds is 1. The smallest absolute Gasteiger partial charge is 1.00 e. The maximum absolute atomic E-state index is 11.7. The van der Waals surface area contributed by atoms with Crippen molar-refractivity contribution in [1.82, 2.24) is 10.2 Å². The molecule has 1 heterocycles. The van der Waals surface area contributed by atoms with Crippen molar-refractivity contribution in [3.63, 3.8) is 0 Å². The normalized spacial score (nSPS) is 20.1. The number of piperazine rings is 1. The van der Waals surface area contributed by atoms with Crippen LogP contribution in [0.15, 0.2) is 0 Å². The monoisotopic (exact) mass is 268 g/mol. The molecule has 0 aromatic rings. The molecule has 8 heteroatoms. The third-order valence-electron chi connectivity index (χ3n) is 2.06. The minimum absolute atomic E-state index is 0. The van der Waals surface area contributed by atoms with Gasteiger partial charge in [-0.25, -0.2) is 14.5 Å². The van der Waals surface area contributed by atoms with E-state index in [4.69, 9.17) is 9.84 Å². The molecule has 1 rings (SSSR count). The van der Waals surface area contributed by atoms with Gasteiger partial charge in [-0.2, -0.15) is 0 Å². The quantitative estimate of drug-likeness (QED) is 0.387. The van der Waals surface area contributed by atoms with Crippen molar-refractivity contribution in [3.8, 4) is 0 Å². The molecule has 1 aliphatic rings. The maximum atomic E-state index is 11.7. The van der Waals surface area contributed by atoms with Gasteiger partial charge in [-0.1, -0.05) is 0 Å². The van der Waals surface area contributed by atoms with E-state index in [9.17, 15) is 14.4 Å². The van der Waals surface area contributed by atoms with Crippen LogP contribution in [0.1, 0.15) is 22.2 Å². The van der Waals surface area contributed by atoms with E-state index in [1.807, 2.05) is 0 Å². The number of carbonyl (C=O) groups is 3. The van der Waals surface area contributed by atoms with E-state index in [-0.39, 0.29) is 44.1 Å². The van der Waals surface area contributed by atoms with Crippen LogP contribution >= 0.6 is 0 Å². The third kappa shape index (κ3) is 4.56. The summed E-state index contributed by atoms with van der Waals surface area (Å²) in [6.07, 6.45) is -0.810. The first-order chi connectivity index (χ1) is 7.72. The summed E-state index contributed by atoms with van der Waals surface area (Å²) in [5.74, 6) is -2.10. The van der Waals surface area contributed by atoms with E-state index in [0.717, 1.165) is 4.90 Å². The summed E-state index contributed by atoms with van der Waals surface area (Å²) < 4.78 is 5.02. The third-order valence-corrected chi connectivity index (χ3v) is 2.06. The molecule has 0 aromatic heterocycles. The molecule has 0 aliphatic carbocycles. The van der Waals surface area contributed by atoms with Crippen LogP contribution in [-0.2, 0) is 14.3 Å². The molecular weight excluding hydrogens is 251 g/mol. The Balaban J connectivity index is 0. The van der Waals surface area contributed by atoms with Crippen LogP contribution in [0.4, 0.5) is 4.79 Å². The summed E-state index contributed by atoms with van der Waals surface area (Å²) in [4.78, 5) is 34.9. The zero-order chi connectivity index (χ0) is 13.2. The fourth-order valence-corrected chi connectivity index (χ4v) is 1.37. The van der Waals surface area contributed by atoms with Crippen molar-refractivity contribution in [2.24, 2.45) is 0 Å². The first-order valence-electron chi connectivity index (χ1n) is 5.23. The van der Waals surface area contributed by atoms with E-state index in [2.05, 4.69) is 5.32 Å². The summed E-state index contributed by atoms with van der Waals surface area (Å²) >= 11 is 0. The Morgan fingerprint density at radius 3 is 2.50 bits per heavy atom. The summed E-state index contributed by atoms with van der Waals surface area (Å²) in [5, 5.41) is 11.3. The fourth-order valence-electron chi connectivity index (χ4n) is 1.37. The summed E-state index contributed by atoms with van der Waals surface area (Å²) in [6.45, 7) is 5.37. The molecule has 2 N–H and O–H groups in total. The number of carboxylic acids is 1. The zero-order valence-corrected chi connectivity index (χ0v) is 13.0. The molecule has 2 amide bonds. The second-order valence-corrected chi connectivity index (χ2v) is 4.70. The van der Waals surface area contributed by atoms with Crippen LogP contribution in [0.2, 0.25) is 0 Å². The number of amides is 2. The first-order valence-corrected chi connectivity index (χ1v) is 5.23. The molecule has 18 heavy (non-hydrogen) atoms. The van der Waals surface area contributed by atoms with Crippen molar-refractivity contribution in [1.29, 1.82) is 0 Å². The number of nitrogens with zero attached hydrogens (tertiary/aromatic N) is 1. The molecule has 0 saturated carbocycles. The zero-order valence-electron chi connectivity index (χ0n) is 12.0. The van der Waals surface area contributed by atoms with Gasteiger partial charge >= 0.3 is 41.6 Å². The molecule has 1 aliphatic heterocycles. The van der Waals surface area contributed by atoms with Gasteiger partial charge in [0, 0.05) is 13.1 Å². The number of aliphatic carboxylic acids is 1. The van der Waals surface area contributed by atoms with Gasteiger partial charge in [0.1, 0.15) is 5.60 Å². The minimum atomic E-state index is -1.38. The Morgan fingerprint density at radius 2 is 2.06 bits per heavy atom. The molecule has 0 bridgehead atoms. The van der Waals surface area contributed by atoms with Crippen molar-refractivity contribution >= 4 is 18.0 Å². The average molecular weight is 268 g/mol. The van der Waals surface area contributed by atoms with Crippen LogP contribution in [-0.4, -0.2) is 52.7 Å². The molecule has 0 radical (unpaired) electrons. The predicted octanol–water partition coefficient (Wildman–Crippen LogP) is -3.08. The van der Waals surface area contributed by atoms with Gasteiger partial charge in [0.05, 0.1) is 0 Å². The van der Waals surface area contributed by atoms with Crippen LogP contribution in [0.25, 0.3) is 0 Å². The van der Waals surface area contributed by atoms with Gasteiger partial charge < -0.3 is 11.3 Å². The number of imide groups is 1. The Morgan fingerprint density at radius 1 is 1.50 bits per heavy atom. The van der Waals surface area contributed by atoms with Gasteiger partial charge in [0.25, 0.3) is 5.91 Å². The fraction of sp³-hybridized carbons (Fsp3) is 0.700. The second kappa shape index (κ2) is 6.51. The van der Waals surface area contributed by atoms with Crippen molar-refractivity contribution in [3.05, 3.63) is 0 Å². The second-order valence-electron chi connectivity index (χ2n) is 4.70. The Hall–Kier alpha value is -0.630. The maximum Gasteiger partial charge on any atom is 1.00 e. The van der Waals surface area contributed by atoms with E-state index >= 15 is 0 Å². The topological polar surface area (TPSA) is 95.9 Å². The van der Waals surface area contributed by atoms with E-state index in [0.29, 0.717) is 0 Å². The van der Waals surface area contributed by atoms with Gasteiger partial charge in [0.15, 0.2) is 6.04 Å². The number of hydrogen-bond donors (Lipinski definition) is 2. The number of carbonyl (C=O) groups excluding carboxylic acids is 2. The molecule has 1 fully saturated rings. The van der Waals surface area contributed by atoms with Crippen molar-refractivity contribution < 1.29 is 55.2 Å². The van der Waals surface area contributed by atoms with E-state index < -0.39 is 29.6 Å². The van der Waals surface area contributed by atoms with E-state index in [1.165, 1.54) is 0 Å². The molecule has 1 atom stereocenters. The van der Waals surface area contributed by atoms with Crippen LogP contribution in [0, 0.1) is 0 Å². The molecule has 0 aromatic carbocycles. The molecule has 1 unspecified atom stereocenters. The SMILES string of the molecule is CC(C)(C)OC(=O)N1CCNC(C(=O)O)C1=O.[H-].[Na+]. The number of hydrogen-bond acceptors (Lipinski definition) is 5. The van der Waals surface area contributed by atoms with Gasteiger partial charge in [0.2, 0.25) is 0 Å². The first kappa shape index (κ1) is 17.4. The van der Waals surface area contributed by atoms with Crippen molar-refractivity contribution in [2.75, 3.05) is 13.1 Å². The van der Waals surface area contributed by atoms with Crippen LogP contribution in [0.3, 0.4) is 0 Å². The van der Waals surface area contributed by atoms with Gasteiger partial charge in [-0.05, 0) is 20.8 Å². The van der Waals surface area contributed by atoms with Gasteiger partial charge in [-0.15, -0.1) is 0 Å². The Labute approximate surface area is 129 Å². The van der Waals surface area contributed by atoms with E-state index in [1.54, 1.807) is 20.8 Å². The summed E-state index contributed by atoms with van der Waals surface area (Å²) in [6, 6.07) is -1.38. The van der Waals surface area contributed by atoms with Gasteiger partial charge in [-0.3, -0.25) is 10.1 Å². The van der Waals surface area contributed by atoms with Crippen LogP contribution < -0.4 is 34.9 Å². The molecule has 7 nitrogen and oxygen atoms in total. The van der Waals surface area contributed by atoms with Crippen LogP contribution in [0.5, 0.6) is 0 Å². The average Bonchev–Trinajstić information content (AvgIpc) is 2.14. The molecule has 0 spiro atoms. The molecule has 98 valence electrons. The number of ether oxygens (including phenoxy) is 1. The summed E-state index contributed by atoms with van der Waals surface area (Å²) in [5.41, 5.74) is -0.721. The minimum Gasteiger partial charge on any atom is -1.00 e.